The molecule has 1 aromatic carbocycles. The molecule has 0 bridgehead atoms. The zero-order valence-corrected chi connectivity index (χ0v) is 13.6. The van der Waals surface area contributed by atoms with Gasteiger partial charge < -0.3 is 9.88 Å². The summed E-state index contributed by atoms with van der Waals surface area (Å²) in [5.41, 5.74) is -1.41. The summed E-state index contributed by atoms with van der Waals surface area (Å²) >= 11 is 5.52. The molecule has 2 aromatic rings. The van der Waals surface area contributed by atoms with Gasteiger partial charge >= 0.3 is 6.18 Å². The van der Waals surface area contributed by atoms with Gasteiger partial charge in [-0.2, -0.15) is 13.2 Å². The Balaban J connectivity index is 2.23. The number of rotatable bonds is 4. The number of hydrogen-bond acceptors (Lipinski definition) is 3. The largest absolute Gasteiger partial charge is 0.417 e. The summed E-state index contributed by atoms with van der Waals surface area (Å²) in [5.74, 6) is -0.949. The fourth-order valence-electron chi connectivity index (χ4n) is 2.04. The maximum Gasteiger partial charge on any atom is 0.417 e. The third-order valence-electron chi connectivity index (χ3n) is 3.24. The number of alkyl halides is 3. The number of halogens is 4. The van der Waals surface area contributed by atoms with Crippen LogP contribution in [0.3, 0.4) is 0 Å². The van der Waals surface area contributed by atoms with Crippen LogP contribution in [0.15, 0.2) is 41.3 Å². The summed E-state index contributed by atoms with van der Waals surface area (Å²) in [7, 11) is 0. The highest BCUT2D eigenvalue weighted by atomic mass is 35.5. The van der Waals surface area contributed by atoms with Crippen LogP contribution in [0.5, 0.6) is 0 Å². The average molecular weight is 373 g/mol. The van der Waals surface area contributed by atoms with Gasteiger partial charge in [0.05, 0.1) is 5.56 Å². The number of carbonyl (C=O) groups is 2. The van der Waals surface area contributed by atoms with Crippen molar-refractivity contribution in [3.63, 3.8) is 0 Å². The van der Waals surface area contributed by atoms with Gasteiger partial charge in [0, 0.05) is 17.4 Å². The van der Waals surface area contributed by atoms with Crippen molar-refractivity contribution < 1.29 is 22.8 Å². The first-order valence-electron chi connectivity index (χ1n) is 6.96. The Kier molecular flexibility index (Phi) is 5.32. The zero-order valence-electron chi connectivity index (χ0n) is 12.9. The van der Waals surface area contributed by atoms with Gasteiger partial charge in [-0.05, 0) is 25.1 Å². The summed E-state index contributed by atoms with van der Waals surface area (Å²) in [4.78, 5) is 35.1. The third kappa shape index (κ3) is 4.69. The second-order valence-corrected chi connectivity index (χ2v) is 5.60. The second kappa shape index (κ2) is 7.10. The fraction of sp³-hybridized carbons (Fsp3) is 0.188. The first-order chi connectivity index (χ1) is 11.6. The summed E-state index contributed by atoms with van der Waals surface area (Å²) in [6.45, 7) is 0.692. The number of ketones is 1. The molecular formula is C16H12ClF3N2O3. The molecule has 0 aliphatic rings. The Morgan fingerprint density at radius 1 is 1.24 bits per heavy atom. The molecule has 1 aromatic heterocycles. The molecule has 0 radical (unpaired) electrons. The summed E-state index contributed by atoms with van der Waals surface area (Å²) in [5, 5.41) is 1.78. The van der Waals surface area contributed by atoms with Crippen LogP contribution < -0.4 is 10.9 Å². The molecule has 0 aliphatic heterocycles. The number of Topliss-reactive ketones (excluding diaryl/α,β-unsaturated/α-hetero) is 1. The molecular weight excluding hydrogens is 361 g/mol. The lowest BCUT2D eigenvalue weighted by Gasteiger charge is -2.12. The smallest absolute Gasteiger partial charge is 0.325 e. The van der Waals surface area contributed by atoms with Gasteiger partial charge in [-0.25, -0.2) is 0 Å². The van der Waals surface area contributed by atoms with Crippen molar-refractivity contribution in [1.82, 2.24) is 4.57 Å². The summed E-state index contributed by atoms with van der Waals surface area (Å²) in [6.07, 6.45) is -4.18. The maximum absolute atomic E-state index is 12.8. The molecule has 2 rings (SSSR count). The van der Waals surface area contributed by atoms with E-state index >= 15 is 0 Å². The number of nitrogens with zero attached hydrogens (tertiary/aromatic N) is 1. The van der Waals surface area contributed by atoms with E-state index in [0.717, 1.165) is 0 Å². The highest BCUT2D eigenvalue weighted by Crippen LogP contribution is 2.29. The second-order valence-electron chi connectivity index (χ2n) is 5.19. The quantitative estimate of drug-likeness (QED) is 0.837. The molecule has 1 amide bonds. The van der Waals surface area contributed by atoms with Crippen LogP contribution in [0, 0.1) is 0 Å². The van der Waals surface area contributed by atoms with Crippen molar-refractivity contribution in [2.75, 3.05) is 5.32 Å². The van der Waals surface area contributed by atoms with Crippen LogP contribution in [0.25, 0.3) is 0 Å². The Labute approximate surface area is 145 Å². The first-order valence-corrected chi connectivity index (χ1v) is 7.34. The minimum atomic E-state index is -4.70. The minimum Gasteiger partial charge on any atom is -0.325 e. The Morgan fingerprint density at radius 2 is 1.92 bits per heavy atom. The number of pyridine rings is 1. The topological polar surface area (TPSA) is 68.2 Å². The number of amides is 1. The van der Waals surface area contributed by atoms with Gasteiger partial charge in [0.25, 0.3) is 5.56 Å². The number of carbonyl (C=O) groups excluding carboxylic acids is 2. The lowest BCUT2D eigenvalue weighted by molar-refractivity contribution is -0.138. The highest BCUT2D eigenvalue weighted by Gasteiger charge is 2.32. The molecule has 25 heavy (non-hydrogen) atoms. The van der Waals surface area contributed by atoms with Gasteiger partial charge in [-0.1, -0.05) is 23.7 Å². The van der Waals surface area contributed by atoms with E-state index < -0.39 is 34.8 Å². The summed E-state index contributed by atoms with van der Waals surface area (Å²) < 4.78 is 38.9. The van der Waals surface area contributed by atoms with Crippen molar-refractivity contribution in [1.29, 1.82) is 0 Å². The molecule has 9 heteroatoms. The molecule has 0 aliphatic carbocycles. The van der Waals surface area contributed by atoms with E-state index in [0.29, 0.717) is 22.4 Å². The van der Waals surface area contributed by atoms with E-state index in [2.05, 4.69) is 5.32 Å². The lowest BCUT2D eigenvalue weighted by atomic mass is 10.1. The molecule has 0 saturated heterocycles. The van der Waals surface area contributed by atoms with E-state index in [1.54, 1.807) is 12.1 Å². The molecule has 0 fully saturated rings. The highest BCUT2D eigenvalue weighted by molar-refractivity contribution is 6.30. The van der Waals surface area contributed by atoms with Crippen molar-refractivity contribution >= 4 is 29.0 Å². The van der Waals surface area contributed by atoms with Crippen LogP contribution in [0.4, 0.5) is 18.9 Å². The molecule has 0 spiro atoms. The predicted molar refractivity (Wildman–Crippen MR) is 85.8 cm³/mol. The standard InChI is InChI=1S/C16H12ClF3N2O3/c1-9(23)10-3-2-4-12(5-10)21-14(24)8-22-7-11(16(18,19)20)6-13(17)15(22)25/h2-7H,8H2,1H3,(H,21,24). The summed E-state index contributed by atoms with van der Waals surface area (Å²) in [6, 6.07) is 6.53. The lowest BCUT2D eigenvalue weighted by Crippen LogP contribution is -2.29. The zero-order chi connectivity index (χ0) is 18.8. The average Bonchev–Trinajstić information content (AvgIpc) is 2.50. The van der Waals surface area contributed by atoms with Crippen molar-refractivity contribution in [2.45, 2.75) is 19.6 Å². The Morgan fingerprint density at radius 3 is 2.52 bits per heavy atom. The molecule has 0 atom stereocenters. The maximum atomic E-state index is 12.8. The van der Waals surface area contributed by atoms with Crippen LogP contribution >= 0.6 is 11.6 Å². The van der Waals surface area contributed by atoms with Crippen LogP contribution in [0.1, 0.15) is 22.8 Å². The predicted octanol–water partition coefficient (Wildman–Crippen LogP) is 3.36. The molecule has 0 unspecified atom stereocenters. The van der Waals surface area contributed by atoms with E-state index in [9.17, 15) is 27.6 Å². The third-order valence-corrected chi connectivity index (χ3v) is 3.51. The number of benzene rings is 1. The van der Waals surface area contributed by atoms with Crippen molar-refractivity contribution in [3.05, 3.63) is 63.0 Å². The van der Waals surface area contributed by atoms with Crippen molar-refractivity contribution in [3.8, 4) is 0 Å². The van der Waals surface area contributed by atoms with Gasteiger partial charge in [-0.15, -0.1) is 0 Å². The molecule has 1 N–H and O–H groups in total. The number of nitrogens with one attached hydrogen (secondary N) is 1. The van der Waals surface area contributed by atoms with E-state index in [4.69, 9.17) is 11.6 Å². The fourth-order valence-corrected chi connectivity index (χ4v) is 2.27. The van der Waals surface area contributed by atoms with Gasteiger partial charge in [-0.3, -0.25) is 14.4 Å². The molecule has 0 saturated carbocycles. The first kappa shape index (κ1) is 18.7. The minimum absolute atomic E-state index is 0.211. The Bertz CT molecular complexity index is 891. The van der Waals surface area contributed by atoms with Crippen molar-refractivity contribution in [2.24, 2.45) is 0 Å². The number of aromatic nitrogens is 1. The van der Waals surface area contributed by atoms with Crippen LogP contribution in [-0.2, 0) is 17.5 Å². The van der Waals surface area contributed by atoms with Gasteiger partial charge in [0.2, 0.25) is 5.91 Å². The monoisotopic (exact) mass is 372 g/mol. The molecule has 5 nitrogen and oxygen atoms in total. The Hall–Kier alpha value is -2.61. The normalized spacial score (nSPS) is 11.2. The van der Waals surface area contributed by atoms with Gasteiger partial charge in [0.15, 0.2) is 5.78 Å². The SMILES string of the molecule is CC(=O)c1cccc(NC(=O)Cn2cc(C(F)(F)F)cc(Cl)c2=O)c1. The van der Waals surface area contributed by atoms with E-state index in [1.807, 2.05) is 0 Å². The van der Waals surface area contributed by atoms with Crippen LogP contribution in [-0.4, -0.2) is 16.3 Å². The number of anilines is 1. The molecule has 132 valence electrons. The van der Waals surface area contributed by atoms with E-state index in [1.165, 1.54) is 19.1 Å². The van der Waals surface area contributed by atoms with E-state index in [-0.39, 0.29) is 11.5 Å². The van der Waals surface area contributed by atoms with Gasteiger partial charge in [0.1, 0.15) is 11.6 Å². The molecule has 1 heterocycles. The van der Waals surface area contributed by atoms with Crippen LogP contribution in [0.2, 0.25) is 5.02 Å². The number of hydrogen-bond donors (Lipinski definition) is 1.